The van der Waals surface area contributed by atoms with Crippen LogP contribution in [0.2, 0.25) is 0 Å². The Morgan fingerprint density at radius 1 is 1.00 bits per heavy atom. The van der Waals surface area contributed by atoms with Crippen LogP contribution in [0.25, 0.3) is 0 Å². The zero-order valence-electron chi connectivity index (χ0n) is 17.1. The maximum atomic E-state index is 12.4. The standard InChI is InChI=1S/C20H31N3O4S/c1-5-14(6-2)22-17(24)12-27-20(26)16-10-9-11-21-19(16)28-13-18(25)23-15(7-3)8-4/h9-11,14-15H,5-8,12-13H2,1-4H3,(H,22,24)(H,23,25). The monoisotopic (exact) mass is 409 g/mol. The molecule has 0 radical (unpaired) electrons. The lowest BCUT2D eigenvalue weighted by molar-refractivity contribution is -0.125. The molecule has 2 N–H and O–H groups in total. The molecule has 0 aliphatic heterocycles. The van der Waals surface area contributed by atoms with Gasteiger partial charge in [-0.1, -0.05) is 39.5 Å². The number of carbonyl (C=O) groups is 3. The van der Waals surface area contributed by atoms with Crippen molar-refractivity contribution in [3.05, 3.63) is 23.9 Å². The molecule has 28 heavy (non-hydrogen) atoms. The summed E-state index contributed by atoms with van der Waals surface area (Å²) in [4.78, 5) is 40.5. The normalized spacial score (nSPS) is 10.8. The maximum Gasteiger partial charge on any atom is 0.341 e. The highest BCUT2D eigenvalue weighted by Gasteiger charge is 2.18. The number of nitrogens with zero attached hydrogens (tertiary/aromatic N) is 1. The van der Waals surface area contributed by atoms with Crippen LogP contribution < -0.4 is 10.6 Å². The second kappa shape index (κ2) is 13.1. The van der Waals surface area contributed by atoms with Gasteiger partial charge in [-0.2, -0.15) is 0 Å². The second-order valence-electron chi connectivity index (χ2n) is 6.38. The van der Waals surface area contributed by atoms with E-state index in [1.807, 2.05) is 27.7 Å². The van der Waals surface area contributed by atoms with Crippen LogP contribution in [-0.2, 0) is 14.3 Å². The van der Waals surface area contributed by atoms with Crippen molar-refractivity contribution >= 4 is 29.5 Å². The molecule has 0 fully saturated rings. The predicted octanol–water partition coefficient (Wildman–Crippen LogP) is 2.94. The average Bonchev–Trinajstić information content (AvgIpc) is 2.72. The van der Waals surface area contributed by atoms with E-state index in [4.69, 9.17) is 4.74 Å². The van der Waals surface area contributed by atoms with Crippen molar-refractivity contribution in [1.82, 2.24) is 15.6 Å². The molecule has 0 aromatic carbocycles. The lowest BCUT2D eigenvalue weighted by Crippen LogP contribution is -2.37. The van der Waals surface area contributed by atoms with E-state index in [0.717, 1.165) is 25.7 Å². The number of amides is 2. The first-order valence-electron chi connectivity index (χ1n) is 9.78. The van der Waals surface area contributed by atoms with Gasteiger partial charge in [0.1, 0.15) is 5.03 Å². The van der Waals surface area contributed by atoms with Gasteiger partial charge in [0.05, 0.1) is 11.3 Å². The first-order valence-corrected chi connectivity index (χ1v) is 10.8. The van der Waals surface area contributed by atoms with Gasteiger partial charge in [0.2, 0.25) is 5.91 Å². The predicted molar refractivity (Wildman–Crippen MR) is 110 cm³/mol. The highest BCUT2D eigenvalue weighted by Crippen LogP contribution is 2.20. The van der Waals surface area contributed by atoms with Crippen LogP contribution in [0.5, 0.6) is 0 Å². The Balaban J connectivity index is 2.61. The summed E-state index contributed by atoms with van der Waals surface area (Å²) in [7, 11) is 0. The molecule has 1 heterocycles. The molecule has 0 bridgehead atoms. The molecule has 8 heteroatoms. The highest BCUT2D eigenvalue weighted by atomic mass is 32.2. The SMILES string of the molecule is CCC(CC)NC(=O)COC(=O)c1cccnc1SCC(=O)NC(CC)CC. The van der Waals surface area contributed by atoms with Crippen molar-refractivity contribution in [3.63, 3.8) is 0 Å². The Hall–Kier alpha value is -2.09. The summed E-state index contributed by atoms with van der Waals surface area (Å²) in [5, 5.41) is 6.17. The quantitative estimate of drug-likeness (QED) is 0.407. The van der Waals surface area contributed by atoms with Crippen molar-refractivity contribution in [2.75, 3.05) is 12.4 Å². The minimum atomic E-state index is -0.629. The fourth-order valence-corrected chi connectivity index (χ4v) is 3.32. The molecule has 0 saturated heterocycles. The third-order valence-corrected chi connectivity index (χ3v) is 5.37. The van der Waals surface area contributed by atoms with Crippen LogP contribution in [0.3, 0.4) is 0 Å². The van der Waals surface area contributed by atoms with Gasteiger partial charge in [-0.3, -0.25) is 9.59 Å². The van der Waals surface area contributed by atoms with Gasteiger partial charge >= 0.3 is 5.97 Å². The molecule has 1 aromatic rings. The molecule has 1 rings (SSSR count). The summed E-state index contributed by atoms with van der Waals surface area (Å²) >= 11 is 1.17. The van der Waals surface area contributed by atoms with E-state index < -0.39 is 5.97 Å². The van der Waals surface area contributed by atoms with E-state index in [0.29, 0.717) is 5.03 Å². The first kappa shape index (κ1) is 23.9. The van der Waals surface area contributed by atoms with Crippen molar-refractivity contribution in [2.24, 2.45) is 0 Å². The molecule has 0 saturated carbocycles. The zero-order valence-corrected chi connectivity index (χ0v) is 17.9. The number of rotatable bonds is 12. The van der Waals surface area contributed by atoms with Gasteiger partial charge in [-0.05, 0) is 37.8 Å². The summed E-state index contributed by atoms with van der Waals surface area (Å²) in [6.07, 6.45) is 4.93. The summed E-state index contributed by atoms with van der Waals surface area (Å²) in [5.74, 6) is -0.906. The Kier molecular flexibility index (Phi) is 11.2. The van der Waals surface area contributed by atoms with Crippen LogP contribution in [0.4, 0.5) is 0 Å². The summed E-state index contributed by atoms with van der Waals surface area (Å²) < 4.78 is 5.12. The van der Waals surface area contributed by atoms with Gasteiger partial charge in [0.15, 0.2) is 6.61 Å². The van der Waals surface area contributed by atoms with Crippen LogP contribution in [0, 0.1) is 0 Å². The fourth-order valence-electron chi connectivity index (χ4n) is 2.53. The lowest BCUT2D eigenvalue weighted by Gasteiger charge is -2.15. The number of carbonyl (C=O) groups excluding carboxylic acids is 3. The van der Waals surface area contributed by atoms with Crippen molar-refractivity contribution in [2.45, 2.75) is 70.5 Å². The Bertz CT molecular complexity index is 646. The molecule has 2 amide bonds. The maximum absolute atomic E-state index is 12.4. The van der Waals surface area contributed by atoms with E-state index in [9.17, 15) is 14.4 Å². The molecule has 0 aliphatic carbocycles. The second-order valence-corrected chi connectivity index (χ2v) is 7.35. The number of aromatic nitrogens is 1. The largest absolute Gasteiger partial charge is 0.452 e. The number of thioether (sulfide) groups is 1. The smallest absolute Gasteiger partial charge is 0.341 e. The molecule has 0 aliphatic rings. The topological polar surface area (TPSA) is 97.4 Å². The molecule has 0 spiro atoms. The third kappa shape index (κ3) is 8.29. The molecule has 156 valence electrons. The lowest BCUT2D eigenvalue weighted by atomic mass is 10.2. The van der Waals surface area contributed by atoms with Crippen LogP contribution in [-0.4, -0.2) is 47.2 Å². The van der Waals surface area contributed by atoms with Crippen molar-refractivity contribution in [3.8, 4) is 0 Å². The minimum absolute atomic E-state index is 0.0734. The number of pyridine rings is 1. The Morgan fingerprint density at radius 3 is 2.14 bits per heavy atom. The number of hydrogen-bond acceptors (Lipinski definition) is 6. The van der Waals surface area contributed by atoms with Crippen molar-refractivity contribution in [1.29, 1.82) is 0 Å². The number of esters is 1. The van der Waals surface area contributed by atoms with Crippen molar-refractivity contribution < 1.29 is 19.1 Å². The van der Waals surface area contributed by atoms with E-state index in [1.165, 1.54) is 11.8 Å². The summed E-state index contributed by atoms with van der Waals surface area (Å²) in [5.41, 5.74) is 0.248. The van der Waals surface area contributed by atoms with Crippen LogP contribution in [0.1, 0.15) is 63.7 Å². The van der Waals surface area contributed by atoms with E-state index in [2.05, 4.69) is 15.6 Å². The minimum Gasteiger partial charge on any atom is -0.452 e. The van der Waals surface area contributed by atoms with Gasteiger partial charge < -0.3 is 15.4 Å². The number of nitrogens with one attached hydrogen (secondary N) is 2. The fraction of sp³-hybridized carbons (Fsp3) is 0.600. The highest BCUT2D eigenvalue weighted by molar-refractivity contribution is 8.00. The first-order chi connectivity index (χ1) is 13.4. The van der Waals surface area contributed by atoms with E-state index >= 15 is 0 Å². The van der Waals surface area contributed by atoms with E-state index in [-0.39, 0.29) is 41.8 Å². The Morgan fingerprint density at radius 2 is 1.57 bits per heavy atom. The molecule has 1 aromatic heterocycles. The Labute approximate surface area is 171 Å². The van der Waals surface area contributed by atoms with Crippen LogP contribution in [0.15, 0.2) is 23.4 Å². The van der Waals surface area contributed by atoms with Gasteiger partial charge in [0, 0.05) is 18.3 Å². The van der Waals surface area contributed by atoms with E-state index in [1.54, 1.807) is 18.3 Å². The molecular formula is C20H31N3O4S. The third-order valence-electron chi connectivity index (χ3n) is 4.37. The van der Waals surface area contributed by atoms with Gasteiger partial charge in [-0.25, -0.2) is 9.78 Å². The van der Waals surface area contributed by atoms with Crippen LogP contribution >= 0.6 is 11.8 Å². The van der Waals surface area contributed by atoms with Gasteiger partial charge in [0.25, 0.3) is 5.91 Å². The average molecular weight is 410 g/mol. The molecule has 0 atom stereocenters. The zero-order chi connectivity index (χ0) is 20.9. The number of ether oxygens (including phenoxy) is 1. The summed E-state index contributed by atoms with van der Waals surface area (Å²) in [6.45, 7) is 7.67. The molecule has 0 unspecified atom stereocenters. The number of hydrogen-bond donors (Lipinski definition) is 2. The molecule has 7 nitrogen and oxygen atoms in total. The molecular weight excluding hydrogens is 378 g/mol. The van der Waals surface area contributed by atoms with Gasteiger partial charge in [-0.15, -0.1) is 0 Å². The summed E-state index contributed by atoms with van der Waals surface area (Å²) in [6, 6.07) is 3.42.